The van der Waals surface area contributed by atoms with Crippen molar-refractivity contribution in [3.8, 4) is 0 Å². The number of carbonyl (C=O) groups excluding carboxylic acids is 2. The summed E-state index contributed by atoms with van der Waals surface area (Å²) in [6, 6.07) is 8.09. The smallest absolute Gasteiger partial charge is 0.375 e. The molecule has 0 radical (unpaired) electrons. The van der Waals surface area contributed by atoms with Crippen LogP contribution in [-0.4, -0.2) is 30.8 Å². The lowest BCUT2D eigenvalue weighted by Gasteiger charge is -2.06. The number of esters is 1. The van der Waals surface area contributed by atoms with E-state index in [0.717, 1.165) is 11.5 Å². The fraction of sp³-hybridized carbons (Fsp3) is 0.263. The number of carbonyl (C=O) groups is 2. The summed E-state index contributed by atoms with van der Waals surface area (Å²) in [5, 5.41) is 5.25. The van der Waals surface area contributed by atoms with Crippen LogP contribution >= 0.6 is 23.1 Å². The molecule has 1 N–H and O–H groups in total. The van der Waals surface area contributed by atoms with Gasteiger partial charge in [-0.3, -0.25) is 4.79 Å². The van der Waals surface area contributed by atoms with Crippen LogP contribution in [0.4, 0.5) is 4.39 Å². The molecule has 2 heterocycles. The summed E-state index contributed by atoms with van der Waals surface area (Å²) < 4.78 is 23.7. The van der Waals surface area contributed by atoms with Crippen molar-refractivity contribution < 1.29 is 23.1 Å². The second-order valence-electron chi connectivity index (χ2n) is 5.75. The molecule has 0 spiro atoms. The number of thiophene rings is 1. The minimum atomic E-state index is -0.744. The van der Waals surface area contributed by atoms with Crippen LogP contribution in [0.3, 0.4) is 0 Å². The number of nitrogens with one attached hydrogen (secondary N) is 1. The van der Waals surface area contributed by atoms with Crippen LogP contribution in [0.2, 0.25) is 0 Å². The summed E-state index contributed by atoms with van der Waals surface area (Å²) in [5.41, 5.74) is 0.882. The van der Waals surface area contributed by atoms with Crippen LogP contribution in [0, 0.1) is 12.7 Å². The number of amides is 1. The Balaban J connectivity index is 1.42. The molecule has 142 valence electrons. The minimum absolute atomic E-state index is 0.0186. The fourth-order valence-electron chi connectivity index (χ4n) is 2.47. The van der Waals surface area contributed by atoms with E-state index in [1.165, 1.54) is 23.1 Å². The van der Waals surface area contributed by atoms with Crippen LogP contribution in [-0.2, 0) is 15.3 Å². The summed E-state index contributed by atoms with van der Waals surface area (Å²) in [5.74, 6) is 0.129. The fourth-order valence-corrected chi connectivity index (χ4v) is 4.16. The Morgan fingerprint density at radius 1 is 1.33 bits per heavy atom. The van der Waals surface area contributed by atoms with Gasteiger partial charge in [-0.15, -0.1) is 11.3 Å². The van der Waals surface area contributed by atoms with Crippen LogP contribution < -0.4 is 5.32 Å². The molecule has 0 atom stereocenters. The molecule has 27 heavy (non-hydrogen) atoms. The van der Waals surface area contributed by atoms with Gasteiger partial charge in [0.25, 0.3) is 5.91 Å². The first kappa shape index (κ1) is 19.4. The number of aryl methyl sites for hydroxylation is 1. The van der Waals surface area contributed by atoms with Gasteiger partial charge in [0, 0.05) is 33.9 Å². The van der Waals surface area contributed by atoms with Crippen molar-refractivity contribution in [2.75, 3.05) is 18.9 Å². The lowest BCUT2D eigenvalue weighted by atomic mass is 10.1. The molecular formula is C19H18FNO4S2. The van der Waals surface area contributed by atoms with Gasteiger partial charge in [0.05, 0.1) is 0 Å². The predicted molar refractivity (Wildman–Crippen MR) is 105 cm³/mol. The van der Waals surface area contributed by atoms with E-state index in [0.29, 0.717) is 23.1 Å². The highest BCUT2D eigenvalue weighted by Crippen LogP contribution is 2.26. The number of furan rings is 1. The van der Waals surface area contributed by atoms with E-state index in [4.69, 9.17) is 9.15 Å². The first-order chi connectivity index (χ1) is 13.0. The molecule has 0 aliphatic rings. The van der Waals surface area contributed by atoms with Crippen molar-refractivity contribution in [3.63, 3.8) is 0 Å². The van der Waals surface area contributed by atoms with Crippen LogP contribution in [0.15, 0.2) is 40.1 Å². The third-order valence-corrected chi connectivity index (χ3v) is 5.88. The number of thioether (sulfide) groups is 1. The zero-order valence-electron chi connectivity index (χ0n) is 14.6. The standard InChI is InChI=1S/C19H18FNO4S2/c1-12-15-9-13(20)4-5-16(15)25-18(12)19(23)24-10-17(22)21-6-8-26-11-14-3-2-7-27-14/h2-5,7,9H,6,8,10-11H2,1H3,(H,21,22). The molecule has 0 fully saturated rings. The van der Waals surface area contributed by atoms with E-state index in [2.05, 4.69) is 11.4 Å². The molecule has 0 bridgehead atoms. The molecule has 5 nitrogen and oxygen atoms in total. The Kier molecular flexibility index (Phi) is 6.52. The Bertz CT molecular complexity index is 937. The van der Waals surface area contributed by atoms with E-state index >= 15 is 0 Å². The lowest BCUT2D eigenvalue weighted by molar-refractivity contribution is -0.124. The molecule has 8 heteroatoms. The summed E-state index contributed by atoms with van der Waals surface area (Å²) in [6.45, 7) is 1.75. The van der Waals surface area contributed by atoms with Crippen molar-refractivity contribution in [2.45, 2.75) is 12.7 Å². The van der Waals surface area contributed by atoms with Crippen molar-refractivity contribution in [1.29, 1.82) is 0 Å². The van der Waals surface area contributed by atoms with Gasteiger partial charge in [0.15, 0.2) is 6.61 Å². The zero-order valence-corrected chi connectivity index (χ0v) is 16.3. The molecule has 1 amide bonds. The molecule has 0 saturated heterocycles. The van der Waals surface area contributed by atoms with Gasteiger partial charge in [-0.1, -0.05) is 6.07 Å². The highest BCUT2D eigenvalue weighted by Gasteiger charge is 2.20. The number of ether oxygens (including phenoxy) is 1. The van der Waals surface area contributed by atoms with Crippen LogP contribution in [0.5, 0.6) is 0 Å². The summed E-state index contributed by atoms with van der Waals surface area (Å²) in [6.07, 6.45) is 0. The first-order valence-corrected chi connectivity index (χ1v) is 10.3. The van der Waals surface area contributed by atoms with Crippen molar-refractivity contribution in [2.24, 2.45) is 0 Å². The Morgan fingerprint density at radius 3 is 2.96 bits per heavy atom. The third kappa shape index (κ3) is 5.11. The summed E-state index contributed by atoms with van der Waals surface area (Å²) in [4.78, 5) is 25.2. The van der Waals surface area contributed by atoms with Crippen LogP contribution in [0.25, 0.3) is 11.0 Å². The largest absolute Gasteiger partial charge is 0.450 e. The second-order valence-corrected chi connectivity index (χ2v) is 7.89. The third-order valence-electron chi connectivity index (χ3n) is 3.81. The number of hydrogen-bond acceptors (Lipinski definition) is 6. The number of halogens is 1. The number of fused-ring (bicyclic) bond motifs is 1. The number of rotatable bonds is 8. The highest BCUT2D eigenvalue weighted by atomic mass is 32.2. The van der Waals surface area contributed by atoms with Gasteiger partial charge in [0.1, 0.15) is 11.4 Å². The Morgan fingerprint density at radius 2 is 2.19 bits per heavy atom. The SMILES string of the molecule is Cc1c(C(=O)OCC(=O)NCCSCc2cccs2)oc2ccc(F)cc12. The maximum absolute atomic E-state index is 13.3. The molecule has 0 aliphatic carbocycles. The van der Waals surface area contributed by atoms with Crippen molar-refractivity contribution in [3.05, 3.63) is 57.7 Å². The van der Waals surface area contributed by atoms with E-state index in [-0.39, 0.29) is 18.3 Å². The van der Waals surface area contributed by atoms with Crippen molar-refractivity contribution >= 4 is 45.9 Å². The normalized spacial score (nSPS) is 10.9. The average Bonchev–Trinajstić information content (AvgIpc) is 3.28. The summed E-state index contributed by atoms with van der Waals surface area (Å²) >= 11 is 3.43. The topological polar surface area (TPSA) is 68.5 Å². The van der Waals surface area contributed by atoms with Crippen molar-refractivity contribution in [1.82, 2.24) is 5.32 Å². The molecule has 1 aromatic carbocycles. The molecular weight excluding hydrogens is 389 g/mol. The van der Waals surface area contributed by atoms with Gasteiger partial charge in [0.2, 0.25) is 5.76 Å². The van der Waals surface area contributed by atoms with Gasteiger partial charge in [-0.05, 0) is 36.6 Å². The van der Waals surface area contributed by atoms with Gasteiger partial charge < -0.3 is 14.5 Å². The number of hydrogen-bond donors (Lipinski definition) is 1. The monoisotopic (exact) mass is 407 g/mol. The lowest BCUT2D eigenvalue weighted by Crippen LogP contribution is -2.30. The summed E-state index contributed by atoms with van der Waals surface area (Å²) in [7, 11) is 0. The van der Waals surface area contributed by atoms with Gasteiger partial charge in [-0.2, -0.15) is 11.8 Å². The average molecular weight is 407 g/mol. The second kappa shape index (κ2) is 9.05. The van der Waals surface area contributed by atoms with E-state index in [1.54, 1.807) is 30.0 Å². The molecule has 0 aliphatic heterocycles. The molecule has 0 saturated carbocycles. The van der Waals surface area contributed by atoms with Gasteiger partial charge in [-0.25, -0.2) is 9.18 Å². The van der Waals surface area contributed by atoms with Gasteiger partial charge >= 0.3 is 5.97 Å². The van der Waals surface area contributed by atoms with E-state index < -0.39 is 11.8 Å². The molecule has 3 aromatic rings. The first-order valence-electron chi connectivity index (χ1n) is 8.27. The number of benzene rings is 1. The van der Waals surface area contributed by atoms with E-state index in [1.807, 2.05) is 11.4 Å². The van der Waals surface area contributed by atoms with E-state index in [9.17, 15) is 14.0 Å². The Labute approximate surface area is 163 Å². The van der Waals surface area contributed by atoms with Crippen LogP contribution in [0.1, 0.15) is 21.0 Å². The predicted octanol–water partition coefficient (Wildman–Crippen LogP) is 4.15. The molecule has 3 rings (SSSR count). The maximum Gasteiger partial charge on any atom is 0.375 e. The zero-order chi connectivity index (χ0) is 19.2. The Hall–Kier alpha value is -2.32. The highest BCUT2D eigenvalue weighted by molar-refractivity contribution is 7.98. The molecule has 0 unspecified atom stereocenters. The quantitative estimate of drug-likeness (QED) is 0.449. The maximum atomic E-state index is 13.3. The minimum Gasteiger partial charge on any atom is -0.450 e. The molecule has 2 aromatic heterocycles.